The highest BCUT2D eigenvalue weighted by Gasteiger charge is 2.03. The van der Waals surface area contributed by atoms with Gasteiger partial charge in [-0.2, -0.15) is 5.26 Å². The van der Waals surface area contributed by atoms with Crippen molar-refractivity contribution in [3.8, 4) is 11.8 Å². The summed E-state index contributed by atoms with van der Waals surface area (Å²) in [4.78, 5) is 11.8. The molecule has 5 heteroatoms. The van der Waals surface area contributed by atoms with Gasteiger partial charge in [-0.3, -0.25) is 4.79 Å². The molecule has 0 atom stereocenters. The first-order valence-electron chi connectivity index (χ1n) is 7.67. The highest BCUT2D eigenvalue weighted by atomic mass is 32.2. The Morgan fingerprint density at radius 1 is 1.21 bits per heavy atom. The Hall–Kier alpha value is -2.45. The number of nitrogens with zero attached hydrogens (tertiary/aromatic N) is 1. The van der Waals surface area contributed by atoms with Crippen LogP contribution in [0.5, 0.6) is 5.75 Å². The summed E-state index contributed by atoms with van der Waals surface area (Å²) in [5, 5.41) is 11.8. The SMILES string of the molecule is COc1ccc(CCNC(=O)CSCc2cccc(C#N)c2)cc1. The molecule has 0 aliphatic rings. The van der Waals surface area contributed by atoms with Crippen LogP contribution in [0.25, 0.3) is 0 Å². The van der Waals surface area contributed by atoms with Crippen molar-refractivity contribution in [2.24, 2.45) is 0 Å². The Morgan fingerprint density at radius 2 is 2.00 bits per heavy atom. The summed E-state index contributed by atoms with van der Waals surface area (Å²) in [5.41, 5.74) is 2.87. The molecule has 1 amide bonds. The minimum atomic E-state index is 0.0324. The fraction of sp³-hybridized carbons (Fsp3) is 0.263. The van der Waals surface area contributed by atoms with Gasteiger partial charge >= 0.3 is 0 Å². The number of hydrogen-bond donors (Lipinski definition) is 1. The van der Waals surface area contributed by atoms with Crippen molar-refractivity contribution in [1.82, 2.24) is 5.32 Å². The van der Waals surface area contributed by atoms with Gasteiger partial charge in [0.1, 0.15) is 5.75 Å². The first kappa shape index (κ1) is 17.9. The van der Waals surface area contributed by atoms with Gasteiger partial charge in [0.05, 0.1) is 24.5 Å². The van der Waals surface area contributed by atoms with Gasteiger partial charge in [-0.15, -0.1) is 11.8 Å². The monoisotopic (exact) mass is 340 g/mol. The second kappa shape index (κ2) is 9.64. The van der Waals surface area contributed by atoms with Crippen LogP contribution < -0.4 is 10.1 Å². The average molecular weight is 340 g/mol. The number of rotatable bonds is 8. The van der Waals surface area contributed by atoms with E-state index in [2.05, 4.69) is 11.4 Å². The Bertz CT molecular complexity index is 708. The second-order valence-electron chi connectivity index (χ2n) is 5.25. The van der Waals surface area contributed by atoms with Crippen LogP contribution in [0.2, 0.25) is 0 Å². The molecule has 0 aromatic heterocycles. The van der Waals surface area contributed by atoms with E-state index in [-0.39, 0.29) is 5.91 Å². The number of carbonyl (C=O) groups excluding carboxylic acids is 1. The number of ether oxygens (including phenoxy) is 1. The van der Waals surface area contributed by atoms with E-state index in [0.717, 1.165) is 29.1 Å². The minimum Gasteiger partial charge on any atom is -0.497 e. The normalized spacial score (nSPS) is 10.0. The largest absolute Gasteiger partial charge is 0.497 e. The predicted octanol–water partition coefficient (Wildman–Crippen LogP) is 3.16. The van der Waals surface area contributed by atoms with E-state index >= 15 is 0 Å². The minimum absolute atomic E-state index is 0.0324. The average Bonchev–Trinajstić information content (AvgIpc) is 2.62. The smallest absolute Gasteiger partial charge is 0.230 e. The van der Waals surface area contributed by atoms with Crippen LogP contribution in [0, 0.1) is 11.3 Å². The van der Waals surface area contributed by atoms with Gasteiger partial charge in [-0.05, 0) is 41.8 Å². The lowest BCUT2D eigenvalue weighted by atomic mass is 10.1. The van der Waals surface area contributed by atoms with Gasteiger partial charge in [0, 0.05) is 12.3 Å². The lowest BCUT2D eigenvalue weighted by molar-refractivity contribution is -0.118. The van der Waals surface area contributed by atoms with Gasteiger partial charge in [0.2, 0.25) is 5.91 Å². The molecule has 0 aliphatic carbocycles. The molecule has 24 heavy (non-hydrogen) atoms. The van der Waals surface area contributed by atoms with Gasteiger partial charge in [-0.1, -0.05) is 24.3 Å². The van der Waals surface area contributed by atoms with E-state index < -0.39 is 0 Å². The molecule has 4 nitrogen and oxygen atoms in total. The zero-order chi connectivity index (χ0) is 17.2. The highest BCUT2D eigenvalue weighted by Crippen LogP contribution is 2.13. The number of nitriles is 1. The summed E-state index contributed by atoms with van der Waals surface area (Å²) in [6.45, 7) is 0.621. The Morgan fingerprint density at radius 3 is 2.71 bits per heavy atom. The van der Waals surface area contributed by atoms with Crippen LogP contribution in [0.1, 0.15) is 16.7 Å². The van der Waals surface area contributed by atoms with Gasteiger partial charge in [0.25, 0.3) is 0 Å². The molecular formula is C19H20N2O2S. The number of amides is 1. The molecule has 0 spiro atoms. The molecule has 124 valence electrons. The summed E-state index contributed by atoms with van der Waals surface area (Å²) in [6.07, 6.45) is 0.796. The molecule has 1 N–H and O–H groups in total. The predicted molar refractivity (Wildman–Crippen MR) is 97.0 cm³/mol. The number of nitrogens with one attached hydrogen (secondary N) is 1. The maximum atomic E-state index is 11.8. The van der Waals surface area contributed by atoms with Crippen LogP contribution in [0.15, 0.2) is 48.5 Å². The molecule has 0 saturated heterocycles. The van der Waals surface area contributed by atoms with E-state index in [0.29, 0.717) is 17.9 Å². The first-order valence-corrected chi connectivity index (χ1v) is 8.83. The molecule has 0 bridgehead atoms. The van der Waals surface area contributed by atoms with Crippen LogP contribution >= 0.6 is 11.8 Å². The van der Waals surface area contributed by atoms with Gasteiger partial charge in [0.15, 0.2) is 0 Å². The molecule has 0 unspecified atom stereocenters. The lowest BCUT2D eigenvalue weighted by Crippen LogP contribution is -2.27. The molecule has 2 aromatic rings. The van der Waals surface area contributed by atoms with Crippen molar-refractivity contribution in [3.63, 3.8) is 0 Å². The summed E-state index contributed by atoms with van der Waals surface area (Å²) < 4.78 is 5.12. The number of benzene rings is 2. The molecule has 0 saturated carbocycles. The fourth-order valence-electron chi connectivity index (χ4n) is 2.18. The first-order chi connectivity index (χ1) is 11.7. The Labute approximate surface area is 146 Å². The number of hydrogen-bond acceptors (Lipinski definition) is 4. The van der Waals surface area contributed by atoms with Crippen LogP contribution in [-0.4, -0.2) is 25.3 Å². The molecular weight excluding hydrogens is 320 g/mol. The van der Waals surface area contributed by atoms with Crippen molar-refractivity contribution in [2.45, 2.75) is 12.2 Å². The summed E-state index contributed by atoms with van der Waals surface area (Å²) >= 11 is 1.55. The number of methoxy groups -OCH3 is 1. The van der Waals surface area contributed by atoms with E-state index in [4.69, 9.17) is 10.00 Å². The summed E-state index contributed by atoms with van der Waals surface area (Å²) in [6, 6.07) is 17.4. The van der Waals surface area contributed by atoms with Gasteiger partial charge < -0.3 is 10.1 Å². The fourth-order valence-corrected chi connectivity index (χ4v) is 2.99. The van der Waals surface area contributed by atoms with Crippen LogP contribution in [0.4, 0.5) is 0 Å². The molecule has 0 aliphatic heterocycles. The van der Waals surface area contributed by atoms with Crippen LogP contribution in [0.3, 0.4) is 0 Å². The van der Waals surface area contributed by atoms with E-state index in [1.54, 1.807) is 24.9 Å². The third kappa shape index (κ3) is 5.98. The summed E-state index contributed by atoms with van der Waals surface area (Å²) in [7, 11) is 1.64. The van der Waals surface area contributed by atoms with Crippen molar-refractivity contribution in [1.29, 1.82) is 5.26 Å². The zero-order valence-electron chi connectivity index (χ0n) is 13.6. The second-order valence-corrected chi connectivity index (χ2v) is 6.24. The maximum Gasteiger partial charge on any atom is 0.230 e. The zero-order valence-corrected chi connectivity index (χ0v) is 14.4. The number of carbonyl (C=O) groups is 1. The molecule has 0 heterocycles. The Balaban J connectivity index is 1.65. The third-order valence-electron chi connectivity index (χ3n) is 3.45. The quantitative estimate of drug-likeness (QED) is 0.802. The van der Waals surface area contributed by atoms with Crippen LogP contribution in [-0.2, 0) is 17.0 Å². The molecule has 2 aromatic carbocycles. The standard InChI is InChI=1S/C19H20N2O2S/c1-23-18-7-5-15(6-8-18)9-10-21-19(22)14-24-13-17-4-2-3-16(11-17)12-20/h2-8,11H,9-10,13-14H2,1H3,(H,21,22). The van der Waals surface area contributed by atoms with Gasteiger partial charge in [-0.25, -0.2) is 0 Å². The van der Waals surface area contributed by atoms with E-state index in [1.807, 2.05) is 42.5 Å². The van der Waals surface area contributed by atoms with Crippen molar-refractivity contribution >= 4 is 17.7 Å². The van der Waals surface area contributed by atoms with Crippen molar-refractivity contribution in [2.75, 3.05) is 19.4 Å². The van der Waals surface area contributed by atoms with E-state index in [1.165, 1.54) is 0 Å². The molecule has 0 radical (unpaired) electrons. The molecule has 0 fully saturated rings. The topological polar surface area (TPSA) is 62.1 Å². The lowest BCUT2D eigenvalue weighted by Gasteiger charge is -2.06. The third-order valence-corrected chi connectivity index (χ3v) is 4.46. The number of thioether (sulfide) groups is 1. The Kier molecular flexibility index (Phi) is 7.19. The molecule has 2 rings (SSSR count). The van der Waals surface area contributed by atoms with Crippen molar-refractivity contribution in [3.05, 3.63) is 65.2 Å². The highest BCUT2D eigenvalue weighted by molar-refractivity contribution is 7.99. The van der Waals surface area contributed by atoms with Crippen molar-refractivity contribution < 1.29 is 9.53 Å². The summed E-state index contributed by atoms with van der Waals surface area (Å²) in [5.74, 6) is 2.01. The van der Waals surface area contributed by atoms with E-state index in [9.17, 15) is 4.79 Å². The maximum absolute atomic E-state index is 11.8.